The molecule has 0 aliphatic carbocycles. The van der Waals surface area contributed by atoms with Gasteiger partial charge in [-0.3, -0.25) is 4.79 Å². The molecule has 1 aliphatic heterocycles. The molecule has 0 bridgehead atoms. The van der Waals surface area contributed by atoms with E-state index in [9.17, 15) is 4.79 Å². The number of carbonyl (C=O) groups excluding carboxylic acids is 1. The Hall–Kier alpha value is -3.01. The summed E-state index contributed by atoms with van der Waals surface area (Å²) in [4.78, 5) is 12.3. The molecule has 114 valence electrons. The normalized spacial score (nSPS) is 12.3. The molecule has 0 spiro atoms. The summed E-state index contributed by atoms with van der Waals surface area (Å²) >= 11 is 0. The van der Waals surface area contributed by atoms with Crippen LogP contribution < -0.4 is 14.2 Å². The fourth-order valence-electron chi connectivity index (χ4n) is 2.62. The van der Waals surface area contributed by atoms with E-state index in [1.165, 1.54) is 0 Å². The zero-order valence-electron chi connectivity index (χ0n) is 12.3. The van der Waals surface area contributed by atoms with Crippen LogP contribution in [0.4, 0.5) is 0 Å². The van der Waals surface area contributed by atoms with E-state index in [-0.39, 0.29) is 19.2 Å². The quantitative estimate of drug-likeness (QED) is 0.687. The first kappa shape index (κ1) is 13.6. The molecule has 0 unspecified atom stereocenters. The molecule has 0 saturated heterocycles. The summed E-state index contributed by atoms with van der Waals surface area (Å²) in [6, 6.07) is 18.9. The number of ether oxygens (including phenoxy) is 3. The molecular weight excluding hydrogens is 292 g/mol. The topological polar surface area (TPSA) is 44.8 Å². The van der Waals surface area contributed by atoms with Crippen molar-refractivity contribution < 1.29 is 19.0 Å². The molecule has 4 rings (SSSR count). The van der Waals surface area contributed by atoms with Crippen molar-refractivity contribution in [2.24, 2.45) is 0 Å². The van der Waals surface area contributed by atoms with Crippen molar-refractivity contribution in [3.63, 3.8) is 0 Å². The fourth-order valence-corrected chi connectivity index (χ4v) is 2.62. The van der Waals surface area contributed by atoms with Gasteiger partial charge in [0.1, 0.15) is 5.75 Å². The maximum absolute atomic E-state index is 12.3. The van der Waals surface area contributed by atoms with Gasteiger partial charge in [-0.05, 0) is 29.7 Å². The van der Waals surface area contributed by atoms with Gasteiger partial charge in [0.2, 0.25) is 6.79 Å². The molecule has 1 aliphatic rings. The van der Waals surface area contributed by atoms with Crippen molar-refractivity contribution in [3.05, 3.63) is 66.2 Å². The van der Waals surface area contributed by atoms with Crippen molar-refractivity contribution in [1.82, 2.24) is 0 Å². The zero-order valence-corrected chi connectivity index (χ0v) is 12.3. The van der Waals surface area contributed by atoms with Gasteiger partial charge in [-0.1, -0.05) is 36.4 Å². The highest BCUT2D eigenvalue weighted by Crippen LogP contribution is 2.32. The third-order valence-corrected chi connectivity index (χ3v) is 3.80. The molecule has 0 fully saturated rings. The number of Topliss-reactive ketones (excluding diaryl/α,β-unsaturated/α-hetero) is 1. The van der Waals surface area contributed by atoms with Gasteiger partial charge in [0.25, 0.3) is 0 Å². The first-order chi connectivity index (χ1) is 11.3. The van der Waals surface area contributed by atoms with Crippen LogP contribution >= 0.6 is 0 Å². The first-order valence-electron chi connectivity index (χ1n) is 7.35. The molecule has 23 heavy (non-hydrogen) atoms. The number of hydrogen-bond donors (Lipinski definition) is 0. The molecule has 0 atom stereocenters. The van der Waals surface area contributed by atoms with Crippen molar-refractivity contribution in [2.75, 3.05) is 13.4 Å². The lowest BCUT2D eigenvalue weighted by Gasteiger charge is -2.09. The predicted molar refractivity (Wildman–Crippen MR) is 86.3 cm³/mol. The smallest absolute Gasteiger partial charge is 0.231 e. The van der Waals surface area contributed by atoms with E-state index >= 15 is 0 Å². The van der Waals surface area contributed by atoms with E-state index in [1.54, 1.807) is 18.2 Å². The third-order valence-electron chi connectivity index (χ3n) is 3.80. The first-order valence-corrected chi connectivity index (χ1v) is 7.35. The molecule has 0 amide bonds. The molecule has 0 saturated carbocycles. The number of benzene rings is 3. The largest absolute Gasteiger partial charge is 0.485 e. The van der Waals surface area contributed by atoms with Crippen LogP contribution in [0, 0.1) is 0 Å². The van der Waals surface area contributed by atoms with Crippen LogP contribution in [0.1, 0.15) is 10.4 Å². The van der Waals surface area contributed by atoms with Gasteiger partial charge < -0.3 is 14.2 Å². The van der Waals surface area contributed by atoms with Gasteiger partial charge in [0.05, 0.1) is 0 Å². The Bertz CT molecular complexity index is 880. The van der Waals surface area contributed by atoms with Crippen LogP contribution in [0.2, 0.25) is 0 Å². The average molecular weight is 306 g/mol. The second-order valence-electron chi connectivity index (χ2n) is 5.26. The maximum atomic E-state index is 12.3. The molecular formula is C19H14O4. The third kappa shape index (κ3) is 2.59. The fraction of sp³-hybridized carbons (Fsp3) is 0.105. The average Bonchev–Trinajstić information content (AvgIpc) is 3.07. The van der Waals surface area contributed by atoms with Gasteiger partial charge in [0, 0.05) is 10.9 Å². The molecule has 0 radical (unpaired) electrons. The summed E-state index contributed by atoms with van der Waals surface area (Å²) in [6.07, 6.45) is 0. The van der Waals surface area contributed by atoms with Crippen LogP contribution in [0.3, 0.4) is 0 Å². The number of carbonyl (C=O) groups is 1. The van der Waals surface area contributed by atoms with E-state index in [2.05, 4.69) is 0 Å². The van der Waals surface area contributed by atoms with Crippen LogP contribution in [0.15, 0.2) is 60.7 Å². The van der Waals surface area contributed by atoms with Crippen molar-refractivity contribution in [3.8, 4) is 17.2 Å². The van der Waals surface area contributed by atoms with Gasteiger partial charge in [-0.25, -0.2) is 0 Å². The van der Waals surface area contributed by atoms with Crippen LogP contribution in [0.5, 0.6) is 17.2 Å². The van der Waals surface area contributed by atoms with E-state index in [0.29, 0.717) is 22.8 Å². The monoisotopic (exact) mass is 306 g/mol. The SMILES string of the molecule is O=C(COc1cccc2ccccc12)c1ccc2c(c1)OCO2. The molecule has 3 aromatic carbocycles. The van der Waals surface area contributed by atoms with E-state index in [1.807, 2.05) is 42.5 Å². The van der Waals surface area contributed by atoms with Crippen molar-refractivity contribution in [2.45, 2.75) is 0 Å². The highest BCUT2D eigenvalue weighted by molar-refractivity contribution is 5.98. The van der Waals surface area contributed by atoms with E-state index in [4.69, 9.17) is 14.2 Å². The van der Waals surface area contributed by atoms with Gasteiger partial charge >= 0.3 is 0 Å². The minimum atomic E-state index is -0.101. The Morgan fingerprint density at radius 1 is 0.957 bits per heavy atom. The Morgan fingerprint density at radius 3 is 2.74 bits per heavy atom. The second-order valence-corrected chi connectivity index (χ2v) is 5.26. The Kier molecular flexibility index (Phi) is 3.35. The molecule has 4 heteroatoms. The summed E-state index contributed by atoms with van der Waals surface area (Å²) in [7, 11) is 0. The molecule has 0 aromatic heterocycles. The zero-order chi connectivity index (χ0) is 15.6. The number of fused-ring (bicyclic) bond motifs is 2. The van der Waals surface area contributed by atoms with Gasteiger partial charge in [-0.15, -0.1) is 0 Å². The molecule has 0 N–H and O–H groups in total. The van der Waals surface area contributed by atoms with Crippen LogP contribution in [0.25, 0.3) is 10.8 Å². The maximum Gasteiger partial charge on any atom is 0.231 e. The summed E-state index contributed by atoms with van der Waals surface area (Å²) < 4.78 is 16.3. The minimum absolute atomic E-state index is 0.0202. The number of ketones is 1. The minimum Gasteiger partial charge on any atom is -0.485 e. The Labute approximate surface area is 133 Å². The van der Waals surface area contributed by atoms with Gasteiger partial charge in [0.15, 0.2) is 23.9 Å². The molecule has 3 aromatic rings. The van der Waals surface area contributed by atoms with Crippen molar-refractivity contribution >= 4 is 16.6 Å². The summed E-state index contributed by atoms with van der Waals surface area (Å²) in [6.45, 7) is 0.174. The van der Waals surface area contributed by atoms with Crippen LogP contribution in [-0.4, -0.2) is 19.2 Å². The van der Waals surface area contributed by atoms with Crippen LogP contribution in [-0.2, 0) is 0 Å². The van der Waals surface area contributed by atoms with Gasteiger partial charge in [-0.2, -0.15) is 0 Å². The van der Waals surface area contributed by atoms with E-state index in [0.717, 1.165) is 10.8 Å². The predicted octanol–water partition coefficient (Wildman–Crippen LogP) is 3.83. The highest BCUT2D eigenvalue weighted by Gasteiger charge is 2.16. The summed E-state index contributed by atoms with van der Waals surface area (Å²) in [5.41, 5.74) is 0.550. The van der Waals surface area contributed by atoms with E-state index < -0.39 is 0 Å². The highest BCUT2D eigenvalue weighted by atomic mass is 16.7. The molecule has 4 nitrogen and oxygen atoms in total. The summed E-state index contributed by atoms with van der Waals surface area (Å²) in [5.74, 6) is 1.87. The lowest BCUT2D eigenvalue weighted by Crippen LogP contribution is -2.11. The Morgan fingerprint density at radius 2 is 1.78 bits per heavy atom. The Balaban J connectivity index is 1.53. The number of hydrogen-bond acceptors (Lipinski definition) is 4. The lowest BCUT2D eigenvalue weighted by atomic mass is 10.1. The molecule has 1 heterocycles. The number of rotatable bonds is 4. The van der Waals surface area contributed by atoms with Crippen molar-refractivity contribution in [1.29, 1.82) is 0 Å². The second kappa shape index (κ2) is 5.65. The summed E-state index contributed by atoms with van der Waals surface area (Å²) in [5, 5.41) is 2.08. The lowest BCUT2D eigenvalue weighted by molar-refractivity contribution is 0.0922. The standard InChI is InChI=1S/C19H14O4/c20-16(14-8-9-18-19(10-14)23-12-22-18)11-21-17-7-3-5-13-4-1-2-6-15(13)17/h1-10H,11-12H2.